The smallest absolute Gasteiger partial charge is 0.244 e. The van der Waals surface area contributed by atoms with Gasteiger partial charge in [-0.05, 0) is 42.6 Å². The Hall–Kier alpha value is -2.53. The Balaban J connectivity index is 1.68. The van der Waals surface area contributed by atoms with Crippen LogP contribution in [0.25, 0.3) is 0 Å². The molecule has 0 aliphatic carbocycles. The molecule has 0 bridgehead atoms. The van der Waals surface area contributed by atoms with Gasteiger partial charge in [-0.1, -0.05) is 36.4 Å². The van der Waals surface area contributed by atoms with Crippen LogP contribution >= 0.6 is 0 Å². The second kappa shape index (κ2) is 8.23. The Morgan fingerprint density at radius 2 is 1.79 bits per heavy atom. The third-order valence-electron chi connectivity index (χ3n) is 5.57. The van der Waals surface area contributed by atoms with Crippen LogP contribution in [0.2, 0.25) is 0 Å². The third-order valence-corrected chi connectivity index (χ3v) is 5.57. The number of hydrogen-bond donors (Lipinski definition) is 0. The first-order chi connectivity index (χ1) is 13.6. The van der Waals surface area contributed by atoms with Crippen LogP contribution in [0.15, 0.2) is 48.5 Å². The minimum Gasteiger partial charge on any atom is -0.490 e. The molecule has 2 aliphatic heterocycles. The van der Waals surface area contributed by atoms with Crippen LogP contribution < -0.4 is 9.47 Å². The van der Waals surface area contributed by atoms with E-state index >= 15 is 0 Å². The van der Waals surface area contributed by atoms with Crippen LogP contribution in [-0.2, 0) is 4.79 Å². The number of amides is 1. The first-order valence-electron chi connectivity index (χ1n) is 10.1. The number of fused-ring (bicyclic) bond motifs is 1. The molecule has 1 amide bonds. The maximum absolute atomic E-state index is 13.1. The number of likely N-dealkylation sites (N-methyl/N-ethyl adjacent to an activating group) is 1. The van der Waals surface area contributed by atoms with Gasteiger partial charge in [-0.3, -0.25) is 9.69 Å². The van der Waals surface area contributed by atoms with Crippen molar-refractivity contribution in [1.82, 2.24) is 9.80 Å². The van der Waals surface area contributed by atoms with Crippen molar-refractivity contribution in [3.05, 3.63) is 59.7 Å². The normalized spacial score (nSPS) is 20.4. The van der Waals surface area contributed by atoms with E-state index in [1.807, 2.05) is 38.4 Å². The highest BCUT2D eigenvalue weighted by Crippen LogP contribution is 2.42. The largest absolute Gasteiger partial charge is 0.490 e. The fourth-order valence-electron chi connectivity index (χ4n) is 4.20. The molecule has 2 heterocycles. The fraction of sp³-hybridized carbons (Fsp3) is 0.435. The van der Waals surface area contributed by atoms with Crippen LogP contribution in [-0.4, -0.2) is 49.6 Å². The second-order valence-electron chi connectivity index (χ2n) is 7.70. The molecule has 0 radical (unpaired) electrons. The van der Waals surface area contributed by atoms with Crippen molar-refractivity contribution >= 4 is 5.91 Å². The van der Waals surface area contributed by atoms with E-state index in [1.165, 1.54) is 5.56 Å². The number of carbonyl (C=O) groups is 1. The first-order valence-corrected chi connectivity index (χ1v) is 10.1. The van der Waals surface area contributed by atoms with Gasteiger partial charge in [0.2, 0.25) is 5.91 Å². The van der Waals surface area contributed by atoms with Crippen molar-refractivity contribution in [2.24, 2.45) is 0 Å². The number of benzene rings is 2. The Kier molecular flexibility index (Phi) is 5.53. The Morgan fingerprint density at radius 1 is 1.04 bits per heavy atom. The van der Waals surface area contributed by atoms with Gasteiger partial charge in [-0.25, -0.2) is 0 Å². The summed E-state index contributed by atoms with van der Waals surface area (Å²) in [6.45, 7) is 2.27. The summed E-state index contributed by atoms with van der Waals surface area (Å²) in [5, 5.41) is 0. The summed E-state index contributed by atoms with van der Waals surface area (Å²) in [6.07, 6.45) is 3.00. The minimum atomic E-state index is -0.278. The molecule has 0 aromatic heterocycles. The summed E-state index contributed by atoms with van der Waals surface area (Å²) >= 11 is 0. The molecular weight excluding hydrogens is 352 g/mol. The zero-order valence-corrected chi connectivity index (χ0v) is 16.6. The zero-order valence-electron chi connectivity index (χ0n) is 16.6. The molecule has 5 heteroatoms. The van der Waals surface area contributed by atoms with Gasteiger partial charge in [0.15, 0.2) is 11.5 Å². The standard InChI is InChI=1S/C23H28N2O3/c1-24(2)23(26)22(17-8-4-3-5-9-17)25-13-6-10-19(25)18-11-12-20-21(16-18)28-15-7-14-27-20/h3-5,8-9,11-12,16,19,22H,6-7,10,13-15H2,1-2H3. The zero-order chi connectivity index (χ0) is 19.5. The predicted octanol–water partition coefficient (Wildman–Crippen LogP) is 3.81. The van der Waals surface area contributed by atoms with E-state index in [9.17, 15) is 4.79 Å². The predicted molar refractivity (Wildman–Crippen MR) is 109 cm³/mol. The Morgan fingerprint density at radius 3 is 2.54 bits per heavy atom. The van der Waals surface area contributed by atoms with Crippen LogP contribution in [0.1, 0.15) is 42.5 Å². The highest BCUT2D eigenvalue weighted by atomic mass is 16.5. The van der Waals surface area contributed by atoms with Crippen molar-refractivity contribution in [3.8, 4) is 11.5 Å². The third kappa shape index (κ3) is 3.72. The molecule has 2 atom stereocenters. The lowest BCUT2D eigenvalue weighted by molar-refractivity contribution is -0.135. The molecule has 148 valence electrons. The topological polar surface area (TPSA) is 42.0 Å². The molecule has 0 saturated carbocycles. The van der Waals surface area contributed by atoms with Gasteiger partial charge in [0.05, 0.1) is 13.2 Å². The molecule has 28 heavy (non-hydrogen) atoms. The average molecular weight is 380 g/mol. The molecule has 2 aromatic carbocycles. The van der Waals surface area contributed by atoms with Crippen molar-refractivity contribution in [1.29, 1.82) is 0 Å². The van der Waals surface area contributed by atoms with Crippen LogP contribution in [0.3, 0.4) is 0 Å². The van der Waals surface area contributed by atoms with Gasteiger partial charge in [0, 0.05) is 26.6 Å². The molecule has 2 aliphatic rings. The van der Waals surface area contributed by atoms with Gasteiger partial charge in [0.25, 0.3) is 0 Å². The molecule has 2 aromatic rings. The number of nitrogens with zero attached hydrogens (tertiary/aromatic N) is 2. The first kappa shape index (κ1) is 18.8. The average Bonchev–Trinajstić information content (AvgIpc) is 3.06. The van der Waals surface area contributed by atoms with Gasteiger partial charge in [0.1, 0.15) is 6.04 Å². The van der Waals surface area contributed by atoms with E-state index < -0.39 is 0 Å². The summed E-state index contributed by atoms with van der Waals surface area (Å²) in [7, 11) is 3.66. The second-order valence-corrected chi connectivity index (χ2v) is 7.70. The lowest BCUT2D eigenvalue weighted by Crippen LogP contribution is -2.39. The van der Waals surface area contributed by atoms with E-state index in [1.54, 1.807) is 4.90 Å². The van der Waals surface area contributed by atoms with Crippen molar-refractivity contribution in [2.75, 3.05) is 33.9 Å². The van der Waals surface area contributed by atoms with Crippen molar-refractivity contribution in [2.45, 2.75) is 31.3 Å². The van der Waals surface area contributed by atoms with E-state index in [2.05, 4.69) is 29.2 Å². The molecule has 0 spiro atoms. The summed E-state index contributed by atoms with van der Waals surface area (Å²) in [5.41, 5.74) is 2.23. The molecule has 2 unspecified atom stereocenters. The number of rotatable bonds is 4. The number of ether oxygens (including phenoxy) is 2. The highest BCUT2D eigenvalue weighted by Gasteiger charge is 2.37. The van der Waals surface area contributed by atoms with Crippen molar-refractivity contribution in [3.63, 3.8) is 0 Å². The van der Waals surface area contributed by atoms with E-state index in [0.717, 1.165) is 42.9 Å². The lowest BCUT2D eigenvalue weighted by atomic mass is 9.99. The van der Waals surface area contributed by atoms with Gasteiger partial charge in [-0.15, -0.1) is 0 Å². The monoisotopic (exact) mass is 380 g/mol. The maximum atomic E-state index is 13.1. The summed E-state index contributed by atoms with van der Waals surface area (Å²) < 4.78 is 11.7. The Labute approximate surface area is 166 Å². The minimum absolute atomic E-state index is 0.118. The summed E-state index contributed by atoms with van der Waals surface area (Å²) in [6, 6.07) is 16.2. The van der Waals surface area contributed by atoms with E-state index in [4.69, 9.17) is 9.47 Å². The molecule has 4 rings (SSSR count). The van der Waals surface area contributed by atoms with Gasteiger partial charge in [-0.2, -0.15) is 0 Å². The van der Waals surface area contributed by atoms with Crippen LogP contribution in [0.5, 0.6) is 11.5 Å². The van der Waals surface area contributed by atoms with Crippen LogP contribution in [0, 0.1) is 0 Å². The van der Waals surface area contributed by atoms with Crippen molar-refractivity contribution < 1.29 is 14.3 Å². The van der Waals surface area contributed by atoms with E-state index in [-0.39, 0.29) is 18.0 Å². The van der Waals surface area contributed by atoms with Gasteiger partial charge < -0.3 is 14.4 Å². The van der Waals surface area contributed by atoms with E-state index in [0.29, 0.717) is 13.2 Å². The number of hydrogen-bond acceptors (Lipinski definition) is 4. The summed E-state index contributed by atoms with van der Waals surface area (Å²) in [4.78, 5) is 17.2. The number of carbonyl (C=O) groups excluding carboxylic acids is 1. The quantitative estimate of drug-likeness (QED) is 0.809. The molecule has 1 fully saturated rings. The van der Waals surface area contributed by atoms with Gasteiger partial charge >= 0.3 is 0 Å². The Bertz CT molecular complexity index is 822. The SMILES string of the molecule is CN(C)C(=O)C(c1ccccc1)N1CCCC1c1ccc2c(c1)OCCCO2. The fourth-order valence-corrected chi connectivity index (χ4v) is 4.20. The number of likely N-dealkylation sites (tertiary alicyclic amines) is 1. The molecule has 0 N–H and O–H groups in total. The molecule has 1 saturated heterocycles. The maximum Gasteiger partial charge on any atom is 0.244 e. The highest BCUT2D eigenvalue weighted by molar-refractivity contribution is 5.83. The molecular formula is C23H28N2O3. The van der Waals surface area contributed by atoms with Crippen LogP contribution in [0.4, 0.5) is 0 Å². The lowest BCUT2D eigenvalue weighted by Gasteiger charge is -2.34. The molecule has 5 nitrogen and oxygen atoms in total. The summed E-state index contributed by atoms with van der Waals surface area (Å²) in [5.74, 6) is 1.75.